The van der Waals surface area contributed by atoms with Crippen molar-refractivity contribution in [1.82, 2.24) is 9.55 Å². The lowest BCUT2D eigenvalue weighted by molar-refractivity contribution is 0.0687. The number of nitrogens with one attached hydrogen (secondary N) is 1. The zero-order chi connectivity index (χ0) is 19.8. The number of hydrogen-bond donors (Lipinski definition) is 1. The molecular weight excluding hydrogens is 366 g/mol. The Kier molecular flexibility index (Phi) is 4.34. The average Bonchev–Trinajstić information content (AvgIpc) is 2.66. The molecule has 1 aromatic heterocycles. The van der Waals surface area contributed by atoms with Gasteiger partial charge in [-0.3, -0.25) is 14.3 Å². The summed E-state index contributed by atoms with van der Waals surface area (Å²) in [5.74, 6) is -1.04. The van der Waals surface area contributed by atoms with E-state index in [0.717, 1.165) is 16.3 Å². The Morgan fingerprint density at radius 1 is 1.07 bits per heavy atom. The number of rotatable bonds is 3. The van der Waals surface area contributed by atoms with Gasteiger partial charge in [-0.2, -0.15) is 4.39 Å². The molecule has 1 aliphatic rings. The van der Waals surface area contributed by atoms with E-state index in [2.05, 4.69) is 0 Å². The topological polar surface area (TPSA) is 90.4 Å². The van der Waals surface area contributed by atoms with Crippen LogP contribution in [-0.4, -0.2) is 22.6 Å². The lowest BCUT2D eigenvalue weighted by atomic mass is 9.77. The molecule has 0 atom stereocenters. The van der Waals surface area contributed by atoms with E-state index in [4.69, 9.17) is 9.31 Å². The van der Waals surface area contributed by atoms with Crippen LogP contribution >= 0.6 is 0 Å². The van der Waals surface area contributed by atoms with Gasteiger partial charge in [0, 0.05) is 5.46 Å². The van der Waals surface area contributed by atoms with Gasteiger partial charge in [-0.1, -0.05) is 30.3 Å². The van der Waals surface area contributed by atoms with E-state index in [-0.39, 0.29) is 6.54 Å². The van der Waals surface area contributed by atoms with Gasteiger partial charge in [0.05, 0.1) is 18.3 Å². The molecule has 2 aromatic carbocycles. The van der Waals surface area contributed by atoms with Gasteiger partial charge in [-0.15, -0.1) is 0 Å². The number of H-pyrrole nitrogens is 1. The van der Waals surface area contributed by atoms with Crippen LogP contribution in [0.5, 0.6) is 5.75 Å². The van der Waals surface area contributed by atoms with Crippen molar-refractivity contribution in [3.05, 3.63) is 92.0 Å². The molecule has 0 saturated heterocycles. The summed E-state index contributed by atoms with van der Waals surface area (Å²) in [4.78, 5) is 36.9. The van der Waals surface area contributed by atoms with Crippen molar-refractivity contribution >= 4 is 18.6 Å². The molecular formula is C19H14BFN2O5. The first-order chi connectivity index (χ1) is 13.4. The summed E-state index contributed by atoms with van der Waals surface area (Å²) in [6, 6.07) is 12.0. The first-order valence-electron chi connectivity index (χ1n) is 8.47. The van der Waals surface area contributed by atoms with Gasteiger partial charge in [-0.25, -0.2) is 9.59 Å². The number of aryl methyl sites for hydroxylation is 1. The highest BCUT2D eigenvalue weighted by atomic mass is 19.1. The number of aromatic amines is 1. The van der Waals surface area contributed by atoms with E-state index >= 15 is 0 Å². The highest BCUT2D eigenvalue weighted by Crippen LogP contribution is 2.26. The number of carbonyl (C=O) groups excluding carboxylic acids is 1. The number of nitrogens with zero attached hydrogens (tertiary/aromatic N) is 1. The first kappa shape index (κ1) is 17.8. The third-order valence-corrected chi connectivity index (χ3v) is 4.38. The zero-order valence-electron chi connectivity index (χ0n) is 14.8. The monoisotopic (exact) mass is 380 g/mol. The van der Waals surface area contributed by atoms with Crippen LogP contribution in [0, 0.1) is 12.7 Å². The number of fused-ring (bicyclic) bond motifs is 1. The van der Waals surface area contributed by atoms with Gasteiger partial charge >= 0.3 is 18.8 Å². The van der Waals surface area contributed by atoms with Crippen molar-refractivity contribution in [3.63, 3.8) is 0 Å². The van der Waals surface area contributed by atoms with Crippen LogP contribution in [0.15, 0.2) is 58.3 Å². The maximum atomic E-state index is 13.4. The fourth-order valence-corrected chi connectivity index (χ4v) is 2.91. The Labute approximate surface area is 158 Å². The van der Waals surface area contributed by atoms with E-state index in [1.165, 1.54) is 0 Å². The predicted octanol–water partition coefficient (Wildman–Crippen LogP) is 0.977. The molecule has 1 N–H and O–H groups in total. The Balaban J connectivity index is 1.56. The van der Waals surface area contributed by atoms with Gasteiger partial charge < -0.3 is 9.31 Å². The van der Waals surface area contributed by atoms with Gasteiger partial charge in [0.1, 0.15) is 5.75 Å². The summed E-state index contributed by atoms with van der Waals surface area (Å²) in [7, 11) is -0.885. The Morgan fingerprint density at radius 2 is 1.82 bits per heavy atom. The molecule has 0 unspecified atom stereocenters. The van der Waals surface area contributed by atoms with Crippen molar-refractivity contribution < 1.29 is 18.5 Å². The summed E-state index contributed by atoms with van der Waals surface area (Å²) in [6.07, 6.45) is 0.861. The fourth-order valence-electron chi connectivity index (χ4n) is 2.91. The molecule has 0 fully saturated rings. The van der Waals surface area contributed by atoms with Crippen LogP contribution in [0.2, 0.25) is 0 Å². The standard InChI is InChI=1S/C19H14BFN2O5/c1-11-2-7-14-16(8-11)27-20(28-18(14)25)13-5-3-12(4-6-13)9-23-10-15(21)17(24)22-19(23)26/h2-8,10H,9H2,1H3,(H,22,24,26). The lowest BCUT2D eigenvalue weighted by Crippen LogP contribution is -2.44. The second kappa shape index (κ2) is 6.84. The molecule has 3 aromatic rings. The number of aromatic nitrogens is 2. The number of hydrogen-bond acceptors (Lipinski definition) is 5. The molecule has 9 heteroatoms. The molecule has 28 heavy (non-hydrogen) atoms. The minimum absolute atomic E-state index is 0.0696. The minimum atomic E-state index is -1.05. The van der Waals surface area contributed by atoms with Crippen LogP contribution in [0.4, 0.5) is 4.39 Å². The molecule has 4 rings (SSSR count). The molecule has 0 saturated carbocycles. The van der Waals surface area contributed by atoms with Crippen molar-refractivity contribution in [2.45, 2.75) is 13.5 Å². The molecule has 0 bridgehead atoms. The third-order valence-electron chi connectivity index (χ3n) is 4.38. The molecule has 2 heterocycles. The highest BCUT2D eigenvalue weighted by Gasteiger charge is 2.35. The summed E-state index contributed by atoms with van der Waals surface area (Å²) >= 11 is 0. The maximum Gasteiger partial charge on any atom is 0.634 e. The zero-order valence-corrected chi connectivity index (χ0v) is 14.8. The van der Waals surface area contributed by atoms with Crippen molar-refractivity contribution in [2.24, 2.45) is 0 Å². The second-order valence-corrected chi connectivity index (χ2v) is 6.46. The van der Waals surface area contributed by atoms with Gasteiger partial charge in [0.2, 0.25) is 5.82 Å². The van der Waals surface area contributed by atoms with E-state index < -0.39 is 30.2 Å². The Morgan fingerprint density at radius 3 is 2.57 bits per heavy atom. The summed E-state index contributed by atoms with van der Waals surface area (Å²) < 4.78 is 25.6. The largest absolute Gasteiger partial charge is 0.634 e. The second-order valence-electron chi connectivity index (χ2n) is 6.46. The molecule has 0 radical (unpaired) electrons. The molecule has 140 valence electrons. The quantitative estimate of drug-likeness (QED) is 0.685. The fraction of sp³-hybridized carbons (Fsp3) is 0.105. The summed E-state index contributed by atoms with van der Waals surface area (Å²) in [5, 5.41) is 0. The highest BCUT2D eigenvalue weighted by molar-refractivity contribution is 6.64. The van der Waals surface area contributed by atoms with Crippen LogP contribution in [0.3, 0.4) is 0 Å². The first-order valence-corrected chi connectivity index (χ1v) is 8.47. The summed E-state index contributed by atoms with van der Waals surface area (Å²) in [6.45, 7) is 1.97. The Hall–Kier alpha value is -3.62. The van der Waals surface area contributed by atoms with Crippen LogP contribution in [0.25, 0.3) is 0 Å². The van der Waals surface area contributed by atoms with Gasteiger partial charge in [0.25, 0.3) is 5.56 Å². The number of halogens is 1. The number of benzene rings is 2. The van der Waals surface area contributed by atoms with E-state index in [1.54, 1.807) is 42.5 Å². The van der Waals surface area contributed by atoms with E-state index in [1.807, 2.05) is 11.9 Å². The van der Waals surface area contributed by atoms with Crippen LogP contribution in [-0.2, 0) is 11.2 Å². The van der Waals surface area contributed by atoms with Crippen molar-refractivity contribution in [3.8, 4) is 5.75 Å². The smallest absolute Gasteiger partial charge is 0.521 e. The van der Waals surface area contributed by atoms with Crippen LogP contribution < -0.4 is 21.4 Å². The third kappa shape index (κ3) is 3.34. The van der Waals surface area contributed by atoms with Crippen molar-refractivity contribution in [1.29, 1.82) is 0 Å². The predicted molar refractivity (Wildman–Crippen MR) is 99.4 cm³/mol. The van der Waals surface area contributed by atoms with E-state index in [0.29, 0.717) is 22.3 Å². The SMILES string of the molecule is Cc1ccc2c(c1)OB(c1ccc(Cn3cc(F)c(=O)[nH]c3=O)cc1)OC2=O. The molecule has 0 spiro atoms. The minimum Gasteiger partial charge on any atom is -0.521 e. The maximum absolute atomic E-state index is 13.4. The van der Waals surface area contributed by atoms with Crippen LogP contribution in [0.1, 0.15) is 21.5 Å². The molecule has 7 nitrogen and oxygen atoms in total. The lowest BCUT2D eigenvalue weighted by Gasteiger charge is -2.23. The van der Waals surface area contributed by atoms with Crippen molar-refractivity contribution in [2.75, 3.05) is 0 Å². The van der Waals surface area contributed by atoms with Gasteiger partial charge in [-0.05, 0) is 30.2 Å². The average molecular weight is 380 g/mol. The molecule has 1 aliphatic heterocycles. The van der Waals surface area contributed by atoms with Gasteiger partial charge in [0.15, 0.2) is 0 Å². The normalized spacial score (nSPS) is 12.9. The summed E-state index contributed by atoms with van der Waals surface area (Å²) in [5.41, 5.74) is 0.884. The van der Waals surface area contributed by atoms with E-state index in [9.17, 15) is 18.8 Å². The molecule has 0 aliphatic carbocycles. The Bertz CT molecular complexity index is 1190. The molecule has 0 amide bonds. The number of carbonyl (C=O) groups is 1.